The molecule has 0 aromatic heterocycles. The first-order valence-corrected chi connectivity index (χ1v) is 8.57. The third kappa shape index (κ3) is 2.31. The van der Waals surface area contributed by atoms with Crippen molar-refractivity contribution in [2.24, 2.45) is 17.8 Å². The number of amides is 1. The van der Waals surface area contributed by atoms with Gasteiger partial charge in [-0.2, -0.15) is 0 Å². The fraction of sp³-hybridized carbons (Fsp3) is 0.875. The van der Waals surface area contributed by atoms with Crippen LogP contribution in [-0.2, 0) is 4.79 Å². The fourth-order valence-corrected chi connectivity index (χ4v) is 5.79. The minimum atomic E-state index is 0.251. The number of carbonyl (C=O) groups is 1. The molecule has 1 N–H and O–H groups in total. The molecule has 0 aromatic rings. The van der Waals surface area contributed by atoms with E-state index in [1.807, 2.05) is 4.90 Å². The van der Waals surface area contributed by atoms with Gasteiger partial charge in [0.25, 0.3) is 0 Å². The van der Waals surface area contributed by atoms with E-state index in [1.165, 1.54) is 38.5 Å². The number of hydrogen-bond donors (Lipinski definition) is 1. The lowest BCUT2D eigenvalue weighted by Crippen LogP contribution is -2.59. The number of likely N-dealkylation sites (tertiary alicyclic amines) is 1. The number of thiocarbonyl (C=S) groups is 1. The largest absolute Gasteiger partial charge is 0.336 e. The normalized spacial score (nSPS) is 42.5. The number of nitrogens with zero attached hydrogens (tertiary/aromatic N) is 1. The molecule has 0 aromatic carbocycles. The van der Waals surface area contributed by atoms with E-state index in [4.69, 9.17) is 12.2 Å². The Balaban J connectivity index is 1.37. The van der Waals surface area contributed by atoms with Gasteiger partial charge in [0, 0.05) is 16.9 Å². The van der Waals surface area contributed by atoms with Gasteiger partial charge < -0.3 is 10.2 Å². The summed E-state index contributed by atoms with van der Waals surface area (Å²) in [4.78, 5) is 15.2. The molecule has 0 spiro atoms. The Morgan fingerprint density at radius 3 is 2.30 bits per heavy atom. The lowest BCUT2D eigenvalue weighted by atomic mass is 9.53. The molecule has 0 radical (unpaired) electrons. The predicted octanol–water partition coefficient (Wildman–Crippen LogP) is 2.15. The van der Waals surface area contributed by atoms with Crippen LogP contribution < -0.4 is 5.32 Å². The van der Waals surface area contributed by atoms with E-state index < -0.39 is 0 Å². The quantitative estimate of drug-likeness (QED) is 0.809. The molecule has 4 aliphatic carbocycles. The van der Waals surface area contributed by atoms with Crippen LogP contribution in [-0.4, -0.2) is 40.8 Å². The SMILES string of the molecule is O=C(CNC12CC3CC(CC(C3)C1)C2)N1CCC(=S)C1. The van der Waals surface area contributed by atoms with Gasteiger partial charge in [-0.3, -0.25) is 4.79 Å². The van der Waals surface area contributed by atoms with Gasteiger partial charge in [-0.15, -0.1) is 0 Å². The maximum atomic E-state index is 12.3. The third-order valence-electron chi connectivity index (χ3n) is 6.03. The lowest BCUT2D eigenvalue weighted by molar-refractivity contribution is -0.130. The third-order valence-corrected chi connectivity index (χ3v) is 6.37. The number of rotatable bonds is 3. The highest BCUT2D eigenvalue weighted by molar-refractivity contribution is 7.80. The van der Waals surface area contributed by atoms with E-state index >= 15 is 0 Å². The zero-order chi connectivity index (χ0) is 13.7. The zero-order valence-corrected chi connectivity index (χ0v) is 12.9. The van der Waals surface area contributed by atoms with E-state index in [-0.39, 0.29) is 5.91 Å². The van der Waals surface area contributed by atoms with Crippen LogP contribution >= 0.6 is 12.2 Å². The molecule has 1 heterocycles. The van der Waals surface area contributed by atoms with E-state index in [0.717, 1.165) is 35.6 Å². The first-order valence-electron chi connectivity index (χ1n) is 8.16. The summed E-state index contributed by atoms with van der Waals surface area (Å²) in [5.74, 6) is 3.05. The van der Waals surface area contributed by atoms with E-state index in [9.17, 15) is 4.79 Å². The first-order chi connectivity index (χ1) is 9.62. The molecule has 5 rings (SSSR count). The highest BCUT2D eigenvalue weighted by atomic mass is 32.1. The molecule has 1 saturated heterocycles. The molecule has 0 atom stereocenters. The maximum absolute atomic E-state index is 12.3. The number of hydrogen-bond acceptors (Lipinski definition) is 3. The van der Waals surface area contributed by atoms with Crippen molar-refractivity contribution in [2.75, 3.05) is 19.6 Å². The summed E-state index contributed by atoms with van der Waals surface area (Å²) in [5, 5.41) is 3.68. The number of nitrogens with one attached hydrogen (secondary N) is 1. The van der Waals surface area contributed by atoms with Crippen molar-refractivity contribution in [1.29, 1.82) is 0 Å². The van der Waals surface area contributed by atoms with Crippen LogP contribution in [0.15, 0.2) is 0 Å². The Kier molecular flexibility index (Phi) is 3.15. The van der Waals surface area contributed by atoms with Crippen LogP contribution in [0.2, 0.25) is 0 Å². The molecule has 20 heavy (non-hydrogen) atoms. The minimum Gasteiger partial charge on any atom is -0.336 e. The second-order valence-electron chi connectivity index (χ2n) is 7.66. The monoisotopic (exact) mass is 292 g/mol. The van der Waals surface area contributed by atoms with Crippen LogP contribution in [0.25, 0.3) is 0 Å². The molecule has 4 heteroatoms. The van der Waals surface area contributed by atoms with Crippen molar-refractivity contribution in [3.63, 3.8) is 0 Å². The summed E-state index contributed by atoms with van der Waals surface area (Å²) in [6.07, 6.45) is 9.21. The van der Waals surface area contributed by atoms with Crippen LogP contribution in [0.3, 0.4) is 0 Å². The van der Waals surface area contributed by atoms with Crippen LogP contribution in [0.1, 0.15) is 44.9 Å². The Morgan fingerprint density at radius 1 is 1.20 bits per heavy atom. The summed E-state index contributed by atoms with van der Waals surface area (Å²) in [6, 6.07) is 0. The summed E-state index contributed by atoms with van der Waals surface area (Å²) in [7, 11) is 0. The second kappa shape index (κ2) is 4.77. The highest BCUT2D eigenvalue weighted by Crippen LogP contribution is 2.55. The molecular weight excluding hydrogens is 268 g/mol. The Morgan fingerprint density at radius 2 is 1.80 bits per heavy atom. The van der Waals surface area contributed by atoms with Gasteiger partial charge in [0.2, 0.25) is 5.91 Å². The van der Waals surface area contributed by atoms with Gasteiger partial charge >= 0.3 is 0 Å². The topological polar surface area (TPSA) is 32.3 Å². The fourth-order valence-electron chi connectivity index (χ4n) is 5.55. The smallest absolute Gasteiger partial charge is 0.236 e. The molecule has 4 saturated carbocycles. The van der Waals surface area contributed by atoms with Crippen molar-refractivity contribution < 1.29 is 4.79 Å². The average Bonchev–Trinajstić information content (AvgIpc) is 2.81. The molecular formula is C16H24N2OS. The standard InChI is InChI=1S/C16H24N2OS/c19-15(18-2-1-14(20)10-18)9-17-16-6-11-3-12(7-16)5-13(4-11)8-16/h11-13,17H,1-10H2. The number of carbonyl (C=O) groups excluding carboxylic acids is 1. The Hall–Kier alpha value is -0.480. The minimum absolute atomic E-state index is 0.251. The van der Waals surface area contributed by atoms with Gasteiger partial charge in [0.1, 0.15) is 0 Å². The first kappa shape index (κ1) is 13.2. The molecule has 3 nitrogen and oxygen atoms in total. The van der Waals surface area contributed by atoms with Crippen molar-refractivity contribution in [3.8, 4) is 0 Å². The molecule has 5 aliphatic rings. The molecule has 1 aliphatic heterocycles. The van der Waals surface area contributed by atoms with E-state index in [2.05, 4.69) is 5.32 Å². The Labute approximate surface area is 126 Å². The van der Waals surface area contributed by atoms with Gasteiger partial charge in [-0.1, -0.05) is 12.2 Å². The van der Waals surface area contributed by atoms with Crippen molar-refractivity contribution in [1.82, 2.24) is 10.2 Å². The van der Waals surface area contributed by atoms with Crippen LogP contribution in [0, 0.1) is 17.8 Å². The highest BCUT2D eigenvalue weighted by Gasteiger charge is 2.50. The maximum Gasteiger partial charge on any atom is 0.236 e. The average molecular weight is 292 g/mol. The molecule has 110 valence electrons. The summed E-state index contributed by atoms with van der Waals surface area (Å²) in [5.41, 5.74) is 0.296. The van der Waals surface area contributed by atoms with Crippen LogP contribution in [0.4, 0.5) is 0 Å². The van der Waals surface area contributed by atoms with Gasteiger partial charge in [-0.25, -0.2) is 0 Å². The van der Waals surface area contributed by atoms with E-state index in [1.54, 1.807) is 0 Å². The summed E-state index contributed by atoms with van der Waals surface area (Å²) < 4.78 is 0. The second-order valence-corrected chi connectivity index (χ2v) is 8.23. The molecule has 5 fully saturated rings. The van der Waals surface area contributed by atoms with E-state index in [0.29, 0.717) is 18.6 Å². The van der Waals surface area contributed by atoms with Gasteiger partial charge in [0.15, 0.2) is 0 Å². The van der Waals surface area contributed by atoms with Crippen molar-refractivity contribution in [2.45, 2.75) is 50.5 Å². The van der Waals surface area contributed by atoms with Gasteiger partial charge in [-0.05, 0) is 62.7 Å². The molecule has 4 bridgehead atoms. The summed E-state index contributed by atoms with van der Waals surface area (Å²) in [6.45, 7) is 2.06. The molecule has 1 amide bonds. The van der Waals surface area contributed by atoms with Crippen molar-refractivity contribution >= 4 is 23.0 Å². The lowest BCUT2D eigenvalue weighted by Gasteiger charge is -2.57. The molecule has 0 unspecified atom stereocenters. The predicted molar refractivity (Wildman–Crippen MR) is 82.7 cm³/mol. The zero-order valence-electron chi connectivity index (χ0n) is 12.1. The summed E-state index contributed by atoms with van der Waals surface area (Å²) >= 11 is 5.20. The van der Waals surface area contributed by atoms with Gasteiger partial charge in [0.05, 0.1) is 13.1 Å². The van der Waals surface area contributed by atoms with Crippen LogP contribution in [0.5, 0.6) is 0 Å². The van der Waals surface area contributed by atoms with Crippen molar-refractivity contribution in [3.05, 3.63) is 0 Å². The Bertz CT molecular complexity index is 412.